The fourth-order valence-corrected chi connectivity index (χ4v) is 2.35. The minimum Gasteiger partial charge on any atom is -0.496 e. The van der Waals surface area contributed by atoms with Crippen LogP contribution in [0.15, 0.2) is 24.3 Å². The Bertz CT molecular complexity index is 471. The second kappa shape index (κ2) is 6.27. The van der Waals surface area contributed by atoms with E-state index in [2.05, 4.69) is 5.32 Å². The molecule has 0 radical (unpaired) electrons. The van der Waals surface area contributed by atoms with Crippen molar-refractivity contribution in [1.82, 2.24) is 5.32 Å². The van der Waals surface area contributed by atoms with Gasteiger partial charge in [0.25, 0.3) is 0 Å². The first kappa shape index (κ1) is 14.9. The van der Waals surface area contributed by atoms with E-state index in [1.165, 1.54) is 20.0 Å². The standard InChI is InChI=1S/C16H23NO3/c1-16(15(18)20-3,17-11-12-8-9-12)10-13-6-4-5-7-14(13)19-2/h4-7,12,17H,8-11H2,1-3H3. The predicted octanol–water partition coefficient (Wildman–Crippen LogP) is 2.17. The molecule has 0 saturated heterocycles. The molecule has 1 unspecified atom stereocenters. The van der Waals surface area contributed by atoms with Crippen molar-refractivity contribution in [2.24, 2.45) is 5.92 Å². The molecule has 0 heterocycles. The maximum Gasteiger partial charge on any atom is 0.326 e. The number of carbonyl (C=O) groups is 1. The summed E-state index contributed by atoms with van der Waals surface area (Å²) in [5, 5.41) is 3.38. The Kier molecular flexibility index (Phi) is 4.65. The van der Waals surface area contributed by atoms with Gasteiger partial charge in [0, 0.05) is 6.42 Å². The van der Waals surface area contributed by atoms with Gasteiger partial charge in [-0.2, -0.15) is 0 Å². The van der Waals surface area contributed by atoms with Crippen LogP contribution in [0.2, 0.25) is 0 Å². The molecule has 20 heavy (non-hydrogen) atoms. The minimum absolute atomic E-state index is 0.232. The normalized spacial score (nSPS) is 17.4. The highest BCUT2D eigenvalue weighted by Gasteiger charge is 2.36. The lowest BCUT2D eigenvalue weighted by atomic mass is 9.92. The van der Waals surface area contributed by atoms with E-state index in [-0.39, 0.29) is 5.97 Å². The summed E-state index contributed by atoms with van der Waals surface area (Å²) in [5.74, 6) is 1.27. The number of methoxy groups -OCH3 is 2. The maximum atomic E-state index is 12.1. The summed E-state index contributed by atoms with van der Waals surface area (Å²) in [6, 6.07) is 7.78. The van der Waals surface area contributed by atoms with Gasteiger partial charge in [-0.25, -0.2) is 0 Å². The molecule has 1 atom stereocenters. The van der Waals surface area contributed by atoms with E-state index in [4.69, 9.17) is 9.47 Å². The fraction of sp³-hybridized carbons (Fsp3) is 0.562. The molecule has 0 aromatic heterocycles. The molecule has 1 aromatic rings. The molecule has 0 aliphatic heterocycles. The fourth-order valence-electron chi connectivity index (χ4n) is 2.35. The van der Waals surface area contributed by atoms with Gasteiger partial charge < -0.3 is 14.8 Å². The van der Waals surface area contributed by atoms with Gasteiger partial charge in [-0.05, 0) is 43.9 Å². The number of benzene rings is 1. The van der Waals surface area contributed by atoms with Gasteiger partial charge >= 0.3 is 5.97 Å². The van der Waals surface area contributed by atoms with E-state index in [0.717, 1.165) is 17.9 Å². The van der Waals surface area contributed by atoms with Crippen LogP contribution in [-0.4, -0.2) is 32.3 Å². The van der Waals surface area contributed by atoms with E-state index in [1.54, 1.807) is 7.11 Å². The van der Waals surface area contributed by atoms with Crippen LogP contribution in [0.3, 0.4) is 0 Å². The summed E-state index contributed by atoms with van der Waals surface area (Å²) in [6.45, 7) is 2.76. The number of ether oxygens (including phenoxy) is 2. The summed E-state index contributed by atoms with van der Waals surface area (Å²) >= 11 is 0. The third-order valence-corrected chi connectivity index (χ3v) is 3.85. The average molecular weight is 277 g/mol. The molecule has 1 aliphatic rings. The van der Waals surface area contributed by atoms with Crippen molar-refractivity contribution in [3.8, 4) is 5.75 Å². The van der Waals surface area contributed by atoms with E-state index in [9.17, 15) is 4.79 Å². The molecule has 1 aromatic carbocycles. The number of esters is 1. The summed E-state index contributed by atoms with van der Waals surface area (Å²) in [5.41, 5.74) is 0.289. The van der Waals surface area contributed by atoms with Crippen LogP contribution in [0, 0.1) is 5.92 Å². The number of nitrogens with one attached hydrogen (secondary N) is 1. The third kappa shape index (κ3) is 3.51. The van der Waals surface area contributed by atoms with Crippen molar-refractivity contribution >= 4 is 5.97 Å². The van der Waals surface area contributed by atoms with Gasteiger partial charge in [0.1, 0.15) is 11.3 Å². The van der Waals surface area contributed by atoms with Gasteiger partial charge in [0.05, 0.1) is 14.2 Å². The number of rotatable bonds is 7. The zero-order valence-electron chi connectivity index (χ0n) is 12.4. The smallest absolute Gasteiger partial charge is 0.326 e. The van der Waals surface area contributed by atoms with Crippen LogP contribution in [0.4, 0.5) is 0 Å². The van der Waals surface area contributed by atoms with Crippen LogP contribution in [-0.2, 0) is 16.0 Å². The lowest BCUT2D eigenvalue weighted by Gasteiger charge is -2.29. The summed E-state index contributed by atoms with van der Waals surface area (Å²) < 4.78 is 10.3. The highest BCUT2D eigenvalue weighted by molar-refractivity contribution is 5.80. The molecule has 0 bridgehead atoms. The molecule has 2 rings (SSSR count). The Balaban J connectivity index is 2.14. The monoisotopic (exact) mass is 277 g/mol. The average Bonchev–Trinajstić information content (AvgIpc) is 3.29. The van der Waals surface area contributed by atoms with Crippen molar-refractivity contribution in [1.29, 1.82) is 0 Å². The van der Waals surface area contributed by atoms with Crippen molar-refractivity contribution in [2.45, 2.75) is 31.7 Å². The summed E-state index contributed by atoms with van der Waals surface area (Å²) in [7, 11) is 3.08. The van der Waals surface area contributed by atoms with Crippen molar-refractivity contribution < 1.29 is 14.3 Å². The highest BCUT2D eigenvalue weighted by atomic mass is 16.5. The minimum atomic E-state index is -0.716. The first-order valence-electron chi connectivity index (χ1n) is 7.04. The molecule has 1 N–H and O–H groups in total. The second-order valence-corrected chi connectivity index (χ2v) is 5.64. The third-order valence-electron chi connectivity index (χ3n) is 3.85. The van der Waals surface area contributed by atoms with Gasteiger partial charge in [0.15, 0.2) is 0 Å². The zero-order valence-corrected chi connectivity index (χ0v) is 12.4. The maximum absolute atomic E-state index is 12.1. The van der Waals surface area contributed by atoms with E-state index >= 15 is 0 Å². The molecule has 1 saturated carbocycles. The molecular formula is C16H23NO3. The molecule has 4 nitrogen and oxygen atoms in total. The molecule has 4 heteroatoms. The number of para-hydroxylation sites is 1. The van der Waals surface area contributed by atoms with Gasteiger partial charge in [0.2, 0.25) is 0 Å². The summed E-state index contributed by atoms with van der Waals surface area (Å²) in [6.07, 6.45) is 3.05. The Morgan fingerprint density at radius 3 is 2.65 bits per heavy atom. The lowest BCUT2D eigenvalue weighted by Crippen LogP contribution is -2.52. The molecule has 1 aliphatic carbocycles. The molecule has 0 spiro atoms. The van der Waals surface area contributed by atoms with Crippen LogP contribution in [0.25, 0.3) is 0 Å². The largest absolute Gasteiger partial charge is 0.496 e. The summed E-state index contributed by atoms with van der Waals surface area (Å²) in [4.78, 5) is 12.1. The van der Waals surface area contributed by atoms with Gasteiger partial charge in [-0.15, -0.1) is 0 Å². The Hall–Kier alpha value is -1.55. The molecular weight excluding hydrogens is 254 g/mol. The topological polar surface area (TPSA) is 47.6 Å². The first-order valence-corrected chi connectivity index (χ1v) is 7.04. The van der Waals surface area contributed by atoms with Crippen LogP contribution in [0.1, 0.15) is 25.3 Å². The van der Waals surface area contributed by atoms with Crippen LogP contribution < -0.4 is 10.1 Å². The highest BCUT2D eigenvalue weighted by Crippen LogP contribution is 2.29. The van der Waals surface area contributed by atoms with Crippen molar-refractivity contribution in [3.05, 3.63) is 29.8 Å². The number of hydrogen-bond acceptors (Lipinski definition) is 4. The van der Waals surface area contributed by atoms with E-state index < -0.39 is 5.54 Å². The van der Waals surface area contributed by atoms with Crippen molar-refractivity contribution in [3.63, 3.8) is 0 Å². The lowest BCUT2D eigenvalue weighted by molar-refractivity contribution is -0.147. The Morgan fingerprint density at radius 1 is 1.35 bits per heavy atom. The molecule has 1 fully saturated rings. The van der Waals surface area contributed by atoms with E-state index in [0.29, 0.717) is 12.3 Å². The Labute approximate surface area is 120 Å². The van der Waals surface area contributed by atoms with Gasteiger partial charge in [-0.3, -0.25) is 4.79 Å². The van der Waals surface area contributed by atoms with Crippen molar-refractivity contribution in [2.75, 3.05) is 20.8 Å². The number of hydrogen-bond donors (Lipinski definition) is 1. The zero-order chi connectivity index (χ0) is 14.6. The van der Waals surface area contributed by atoms with E-state index in [1.807, 2.05) is 31.2 Å². The molecule has 0 amide bonds. The SMILES string of the molecule is COC(=O)C(C)(Cc1ccccc1OC)NCC1CC1. The van der Waals surface area contributed by atoms with Crippen LogP contribution in [0.5, 0.6) is 5.75 Å². The predicted molar refractivity (Wildman–Crippen MR) is 77.8 cm³/mol. The Morgan fingerprint density at radius 2 is 2.05 bits per heavy atom. The second-order valence-electron chi connectivity index (χ2n) is 5.64. The number of carbonyl (C=O) groups excluding carboxylic acids is 1. The first-order chi connectivity index (χ1) is 9.59. The van der Waals surface area contributed by atoms with Gasteiger partial charge in [-0.1, -0.05) is 18.2 Å². The molecule has 110 valence electrons. The van der Waals surface area contributed by atoms with Crippen LogP contribution >= 0.6 is 0 Å². The quantitative estimate of drug-likeness (QED) is 0.776.